The number of nitrogens with zero attached hydrogens (tertiary/aromatic N) is 2. The van der Waals surface area contributed by atoms with Gasteiger partial charge in [0, 0.05) is 50.7 Å². The minimum absolute atomic E-state index is 0.0540. The molecule has 0 saturated carbocycles. The summed E-state index contributed by atoms with van der Waals surface area (Å²) in [6, 6.07) is 15.2. The van der Waals surface area contributed by atoms with Gasteiger partial charge in [-0.25, -0.2) is 4.79 Å². The van der Waals surface area contributed by atoms with Crippen LogP contribution >= 0.6 is 0 Å². The van der Waals surface area contributed by atoms with Gasteiger partial charge in [0.05, 0.1) is 0 Å². The summed E-state index contributed by atoms with van der Waals surface area (Å²) >= 11 is 0. The van der Waals surface area contributed by atoms with Crippen molar-refractivity contribution in [1.82, 2.24) is 20.1 Å². The smallest absolute Gasteiger partial charge is 0.315 e. The summed E-state index contributed by atoms with van der Waals surface area (Å²) in [5, 5.41) is 6.06. The van der Waals surface area contributed by atoms with E-state index >= 15 is 0 Å². The number of benzene rings is 1. The molecule has 1 aromatic heterocycles. The maximum Gasteiger partial charge on any atom is 0.315 e. The highest BCUT2D eigenvalue weighted by Gasteiger charge is 2.24. The van der Waals surface area contributed by atoms with Gasteiger partial charge >= 0.3 is 6.03 Å². The molecule has 1 aliphatic rings. The van der Waals surface area contributed by atoms with E-state index in [9.17, 15) is 4.79 Å². The first-order valence-electron chi connectivity index (χ1n) is 9.16. The Balaban J connectivity index is 1.36. The van der Waals surface area contributed by atoms with Crippen LogP contribution in [0.4, 0.5) is 4.79 Å². The summed E-state index contributed by atoms with van der Waals surface area (Å²) in [7, 11) is 0. The van der Waals surface area contributed by atoms with Gasteiger partial charge in [-0.3, -0.25) is 4.90 Å². The lowest BCUT2D eigenvalue weighted by atomic mass is 10.0. The van der Waals surface area contributed by atoms with Crippen molar-refractivity contribution in [2.75, 3.05) is 19.6 Å². The predicted octanol–water partition coefficient (Wildman–Crippen LogP) is 3.01. The molecule has 3 rings (SSSR count). The highest BCUT2D eigenvalue weighted by Crippen LogP contribution is 2.23. The molecule has 25 heavy (non-hydrogen) atoms. The summed E-state index contributed by atoms with van der Waals surface area (Å²) in [6.45, 7) is 5.74. The Hall–Kier alpha value is -2.27. The van der Waals surface area contributed by atoms with Gasteiger partial charge in [-0.05, 0) is 37.5 Å². The zero-order valence-electron chi connectivity index (χ0n) is 14.9. The van der Waals surface area contributed by atoms with Crippen molar-refractivity contribution in [1.29, 1.82) is 0 Å². The van der Waals surface area contributed by atoms with Crippen LogP contribution in [0.25, 0.3) is 0 Å². The molecule has 0 bridgehead atoms. The molecule has 1 aromatic carbocycles. The lowest BCUT2D eigenvalue weighted by Crippen LogP contribution is -2.48. The van der Waals surface area contributed by atoms with Crippen molar-refractivity contribution in [3.63, 3.8) is 0 Å². The fourth-order valence-corrected chi connectivity index (χ4v) is 3.43. The number of urea groups is 1. The molecule has 1 aliphatic heterocycles. The lowest BCUT2D eigenvalue weighted by molar-refractivity contribution is 0.153. The topological polar surface area (TPSA) is 49.3 Å². The van der Waals surface area contributed by atoms with Gasteiger partial charge in [0.2, 0.25) is 0 Å². The van der Waals surface area contributed by atoms with Gasteiger partial charge in [0.1, 0.15) is 0 Å². The van der Waals surface area contributed by atoms with E-state index in [0.717, 1.165) is 32.5 Å². The van der Waals surface area contributed by atoms with Crippen molar-refractivity contribution < 1.29 is 4.79 Å². The second-order valence-electron chi connectivity index (χ2n) is 6.72. The molecule has 1 atom stereocenters. The summed E-state index contributed by atoms with van der Waals surface area (Å²) in [5.74, 6) is 0. The van der Waals surface area contributed by atoms with E-state index < -0.39 is 0 Å². The van der Waals surface area contributed by atoms with Crippen LogP contribution in [0.2, 0.25) is 0 Å². The molecule has 5 heteroatoms. The normalized spacial score (nSPS) is 17.2. The van der Waals surface area contributed by atoms with E-state index in [4.69, 9.17) is 0 Å². The first-order chi connectivity index (χ1) is 12.2. The van der Waals surface area contributed by atoms with Gasteiger partial charge in [-0.1, -0.05) is 30.3 Å². The number of nitrogens with one attached hydrogen (secondary N) is 2. The number of carbonyl (C=O) groups is 1. The first-order valence-corrected chi connectivity index (χ1v) is 9.16. The molecular weight excluding hydrogens is 312 g/mol. The number of rotatable bonds is 6. The molecule has 0 spiro atoms. The van der Waals surface area contributed by atoms with Crippen LogP contribution in [-0.4, -0.2) is 41.2 Å². The highest BCUT2D eigenvalue weighted by atomic mass is 16.2. The van der Waals surface area contributed by atoms with Crippen LogP contribution in [-0.2, 0) is 6.54 Å². The molecule has 0 unspecified atom stereocenters. The minimum atomic E-state index is -0.0540. The average Bonchev–Trinajstić information content (AvgIpc) is 3.16. The third kappa shape index (κ3) is 5.10. The monoisotopic (exact) mass is 340 g/mol. The maximum absolute atomic E-state index is 12.0. The average molecular weight is 340 g/mol. The summed E-state index contributed by atoms with van der Waals surface area (Å²) in [6.07, 6.45) is 6.01. The summed E-state index contributed by atoms with van der Waals surface area (Å²) in [4.78, 5) is 14.5. The van der Waals surface area contributed by atoms with Gasteiger partial charge in [0.15, 0.2) is 0 Å². The fraction of sp³-hybridized carbons (Fsp3) is 0.450. The van der Waals surface area contributed by atoms with Crippen LogP contribution in [0.5, 0.6) is 0 Å². The number of hydrogen-bond acceptors (Lipinski definition) is 2. The zero-order chi connectivity index (χ0) is 17.5. The van der Waals surface area contributed by atoms with E-state index in [1.165, 1.54) is 5.56 Å². The number of hydrogen-bond donors (Lipinski definition) is 2. The van der Waals surface area contributed by atoms with Gasteiger partial charge in [-0.2, -0.15) is 0 Å². The third-order valence-corrected chi connectivity index (χ3v) is 5.02. The third-order valence-electron chi connectivity index (χ3n) is 5.02. The quantitative estimate of drug-likeness (QED) is 0.849. The highest BCUT2D eigenvalue weighted by molar-refractivity contribution is 5.74. The van der Waals surface area contributed by atoms with Crippen molar-refractivity contribution in [3.05, 3.63) is 60.4 Å². The molecular formula is C20H28N4O. The number of carbonyl (C=O) groups excluding carboxylic acids is 1. The number of aromatic nitrogens is 1. The molecule has 5 nitrogen and oxygen atoms in total. The Morgan fingerprint density at radius 3 is 2.48 bits per heavy atom. The van der Waals surface area contributed by atoms with E-state index in [1.807, 2.05) is 24.5 Å². The Morgan fingerprint density at radius 2 is 1.80 bits per heavy atom. The molecule has 2 amide bonds. The number of piperidine rings is 1. The van der Waals surface area contributed by atoms with Crippen molar-refractivity contribution in [2.45, 2.75) is 38.4 Å². The van der Waals surface area contributed by atoms with Crippen molar-refractivity contribution in [3.8, 4) is 0 Å². The number of amides is 2. The fourth-order valence-electron chi connectivity index (χ4n) is 3.43. The van der Waals surface area contributed by atoms with E-state index in [1.54, 1.807) is 0 Å². The van der Waals surface area contributed by atoms with Crippen LogP contribution in [0.15, 0.2) is 54.9 Å². The molecule has 0 aliphatic carbocycles. The second-order valence-corrected chi connectivity index (χ2v) is 6.72. The standard InChI is InChI=1S/C20H28N4O/c1-17(18-7-3-2-4-8-18)24-14-9-19(10-15-24)22-20(25)21-11-16-23-12-5-6-13-23/h2-8,12-13,17,19H,9-11,14-16H2,1H3,(H2,21,22,25)/t17-/m1/s1. The maximum atomic E-state index is 12.0. The summed E-state index contributed by atoms with van der Waals surface area (Å²) in [5.41, 5.74) is 1.36. The van der Waals surface area contributed by atoms with E-state index in [-0.39, 0.29) is 12.1 Å². The molecule has 134 valence electrons. The van der Waals surface area contributed by atoms with Crippen LogP contribution in [0.3, 0.4) is 0 Å². The van der Waals surface area contributed by atoms with Crippen molar-refractivity contribution >= 4 is 6.03 Å². The first kappa shape index (κ1) is 17.5. The van der Waals surface area contributed by atoms with Crippen LogP contribution in [0, 0.1) is 0 Å². The SMILES string of the molecule is C[C@H](c1ccccc1)N1CCC(NC(=O)NCCn2cccc2)CC1. The second kappa shape index (κ2) is 8.72. The largest absolute Gasteiger partial charge is 0.353 e. The van der Waals surface area contributed by atoms with Crippen LogP contribution in [0.1, 0.15) is 31.4 Å². The van der Waals surface area contributed by atoms with Crippen molar-refractivity contribution in [2.24, 2.45) is 0 Å². The van der Waals surface area contributed by atoms with E-state index in [2.05, 4.69) is 57.4 Å². The molecule has 2 heterocycles. The van der Waals surface area contributed by atoms with Gasteiger partial charge in [0.25, 0.3) is 0 Å². The zero-order valence-corrected chi connectivity index (χ0v) is 14.9. The molecule has 2 aromatic rings. The molecule has 2 N–H and O–H groups in total. The van der Waals surface area contributed by atoms with Gasteiger partial charge in [-0.15, -0.1) is 0 Å². The Kier molecular flexibility index (Phi) is 6.12. The lowest BCUT2D eigenvalue weighted by Gasteiger charge is -2.36. The Labute approximate surface area is 150 Å². The molecule has 1 saturated heterocycles. The Bertz CT molecular complexity index is 633. The van der Waals surface area contributed by atoms with E-state index in [0.29, 0.717) is 12.6 Å². The van der Waals surface area contributed by atoms with Gasteiger partial charge < -0.3 is 15.2 Å². The minimum Gasteiger partial charge on any atom is -0.353 e. The van der Waals surface area contributed by atoms with Crippen LogP contribution < -0.4 is 10.6 Å². The number of likely N-dealkylation sites (tertiary alicyclic amines) is 1. The Morgan fingerprint density at radius 1 is 1.12 bits per heavy atom. The summed E-state index contributed by atoms with van der Waals surface area (Å²) < 4.78 is 2.06. The predicted molar refractivity (Wildman–Crippen MR) is 100 cm³/mol. The molecule has 0 radical (unpaired) electrons. The molecule has 1 fully saturated rings.